The highest BCUT2D eigenvalue weighted by Crippen LogP contribution is 2.39. The summed E-state index contributed by atoms with van der Waals surface area (Å²) in [4.78, 5) is 0. The summed E-state index contributed by atoms with van der Waals surface area (Å²) in [6.45, 7) is 10.5. The molecule has 0 aromatic heterocycles. The van der Waals surface area contributed by atoms with Crippen LogP contribution >= 0.6 is 0 Å². The smallest absolute Gasteiger partial charge is 0.00104 e. The fraction of sp³-hybridized carbons (Fsp3) is 1.00. The van der Waals surface area contributed by atoms with Crippen LogP contribution in [0.25, 0.3) is 0 Å². The average Bonchev–Trinajstić information content (AvgIpc) is 2.27. The van der Waals surface area contributed by atoms with Crippen LogP contribution < -0.4 is 5.32 Å². The number of nitrogens with one attached hydrogen (secondary N) is 1. The minimum absolute atomic E-state index is 0.651. The SMILES string of the molecule is CCCCC(CC)CC1CCC1CNC(C)C. The van der Waals surface area contributed by atoms with Crippen LogP contribution in [0.3, 0.4) is 0 Å². The molecule has 102 valence electrons. The third-order valence-corrected chi connectivity index (χ3v) is 4.54. The van der Waals surface area contributed by atoms with Crippen molar-refractivity contribution in [2.45, 2.75) is 78.7 Å². The molecule has 1 nitrogen and oxygen atoms in total. The molecular formula is C16H33N. The van der Waals surface area contributed by atoms with Gasteiger partial charge in [-0.25, -0.2) is 0 Å². The van der Waals surface area contributed by atoms with Crippen LogP contribution in [0.5, 0.6) is 0 Å². The number of rotatable bonds is 9. The summed E-state index contributed by atoms with van der Waals surface area (Å²) < 4.78 is 0. The van der Waals surface area contributed by atoms with Gasteiger partial charge in [-0.2, -0.15) is 0 Å². The first-order chi connectivity index (χ1) is 8.17. The lowest BCUT2D eigenvalue weighted by molar-refractivity contribution is 0.130. The van der Waals surface area contributed by atoms with Gasteiger partial charge in [0.2, 0.25) is 0 Å². The summed E-state index contributed by atoms with van der Waals surface area (Å²) >= 11 is 0. The number of hydrogen-bond donors (Lipinski definition) is 1. The molecule has 3 unspecified atom stereocenters. The van der Waals surface area contributed by atoms with Crippen molar-refractivity contribution in [2.75, 3.05) is 6.54 Å². The molecule has 1 aliphatic carbocycles. The van der Waals surface area contributed by atoms with E-state index in [2.05, 4.69) is 33.0 Å². The van der Waals surface area contributed by atoms with E-state index in [9.17, 15) is 0 Å². The maximum atomic E-state index is 3.61. The van der Waals surface area contributed by atoms with Crippen molar-refractivity contribution in [1.82, 2.24) is 5.32 Å². The zero-order valence-corrected chi connectivity index (χ0v) is 12.5. The van der Waals surface area contributed by atoms with Crippen LogP contribution in [-0.4, -0.2) is 12.6 Å². The van der Waals surface area contributed by atoms with Crippen molar-refractivity contribution in [3.8, 4) is 0 Å². The zero-order chi connectivity index (χ0) is 12.7. The van der Waals surface area contributed by atoms with Crippen molar-refractivity contribution in [2.24, 2.45) is 17.8 Å². The molecule has 0 bridgehead atoms. The lowest BCUT2D eigenvalue weighted by atomic mass is 9.68. The monoisotopic (exact) mass is 239 g/mol. The van der Waals surface area contributed by atoms with Gasteiger partial charge in [0.15, 0.2) is 0 Å². The predicted molar refractivity (Wildman–Crippen MR) is 77.3 cm³/mol. The lowest BCUT2D eigenvalue weighted by Crippen LogP contribution is -2.38. The second-order valence-electron chi connectivity index (χ2n) is 6.31. The van der Waals surface area contributed by atoms with Gasteiger partial charge in [-0.1, -0.05) is 53.4 Å². The molecule has 0 saturated heterocycles. The number of unbranched alkanes of at least 4 members (excludes halogenated alkanes) is 1. The molecule has 1 saturated carbocycles. The van der Waals surface area contributed by atoms with Crippen LogP contribution in [0.15, 0.2) is 0 Å². The van der Waals surface area contributed by atoms with Crippen molar-refractivity contribution < 1.29 is 0 Å². The Kier molecular flexibility index (Phi) is 7.18. The summed E-state index contributed by atoms with van der Waals surface area (Å²) in [5, 5.41) is 3.61. The second kappa shape index (κ2) is 8.13. The Balaban J connectivity index is 2.20. The first kappa shape index (κ1) is 15.0. The summed E-state index contributed by atoms with van der Waals surface area (Å²) in [7, 11) is 0. The standard InChI is InChI=1S/C16H33N/c1-5-7-8-14(6-2)11-15-9-10-16(15)12-17-13(3)4/h13-17H,5-12H2,1-4H3. The Morgan fingerprint density at radius 1 is 1.12 bits per heavy atom. The van der Waals surface area contributed by atoms with E-state index in [1.807, 2.05) is 0 Å². The minimum atomic E-state index is 0.651. The fourth-order valence-electron chi connectivity index (χ4n) is 3.01. The Bertz CT molecular complexity index is 188. The predicted octanol–water partition coefficient (Wildman–Crippen LogP) is 4.62. The van der Waals surface area contributed by atoms with E-state index in [0.717, 1.165) is 17.8 Å². The van der Waals surface area contributed by atoms with Gasteiger partial charge < -0.3 is 5.32 Å². The highest BCUT2D eigenvalue weighted by Gasteiger charge is 2.31. The van der Waals surface area contributed by atoms with Gasteiger partial charge >= 0.3 is 0 Å². The summed E-state index contributed by atoms with van der Waals surface area (Å²) in [6.07, 6.45) is 10.1. The van der Waals surface area contributed by atoms with Gasteiger partial charge in [-0.15, -0.1) is 0 Å². The fourth-order valence-corrected chi connectivity index (χ4v) is 3.01. The normalized spacial score (nSPS) is 25.9. The summed E-state index contributed by atoms with van der Waals surface area (Å²) in [6, 6.07) is 0.651. The molecule has 3 atom stereocenters. The molecule has 0 heterocycles. The molecule has 0 aliphatic heterocycles. The third-order valence-electron chi connectivity index (χ3n) is 4.54. The molecule has 1 rings (SSSR count). The average molecular weight is 239 g/mol. The van der Waals surface area contributed by atoms with E-state index in [1.54, 1.807) is 0 Å². The van der Waals surface area contributed by atoms with Crippen LogP contribution in [0.1, 0.15) is 72.6 Å². The zero-order valence-electron chi connectivity index (χ0n) is 12.5. The largest absolute Gasteiger partial charge is 0.314 e. The van der Waals surface area contributed by atoms with Gasteiger partial charge in [-0.3, -0.25) is 0 Å². The molecule has 0 amide bonds. The molecule has 1 heteroatoms. The molecule has 1 fully saturated rings. The lowest BCUT2D eigenvalue weighted by Gasteiger charge is -2.39. The Hall–Kier alpha value is -0.0400. The van der Waals surface area contributed by atoms with Crippen LogP contribution in [0.2, 0.25) is 0 Å². The molecule has 0 aromatic rings. The topological polar surface area (TPSA) is 12.0 Å². The van der Waals surface area contributed by atoms with Crippen molar-refractivity contribution in [1.29, 1.82) is 0 Å². The molecule has 0 spiro atoms. The van der Waals surface area contributed by atoms with Crippen LogP contribution in [0.4, 0.5) is 0 Å². The van der Waals surface area contributed by atoms with Crippen LogP contribution in [0, 0.1) is 17.8 Å². The molecular weight excluding hydrogens is 206 g/mol. The maximum Gasteiger partial charge on any atom is 0.00104 e. The summed E-state index contributed by atoms with van der Waals surface area (Å²) in [5.41, 5.74) is 0. The Morgan fingerprint density at radius 3 is 2.29 bits per heavy atom. The van der Waals surface area contributed by atoms with Gasteiger partial charge in [0.25, 0.3) is 0 Å². The molecule has 0 radical (unpaired) electrons. The minimum Gasteiger partial charge on any atom is -0.314 e. The molecule has 17 heavy (non-hydrogen) atoms. The van der Waals surface area contributed by atoms with Gasteiger partial charge in [0.05, 0.1) is 0 Å². The van der Waals surface area contributed by atoms with E-state index in [0.29, 0.717) is 6.04 Å². The van der Waals surface area contributed by atoms with Gasteiger partial charge in [0, 0.05) is 6.04 Å². The second-order valence-corrected chi connectivity index (χ2v) is 6.31. The molecule has 0 aromatic carbocycles. The van der Waals surface area contributed by atoms with E-state index in [4.69, 9.17) is 0 Å². The van der Waals surface area contributed by atoms with Gasteiger partial charge in [-0.05, 0) is 43.6 Å². The van der Waals surface area contributed by atoms with E-state index < -0.39 is 0 Å². The van der Waals surface area contributed by atoms with Crippen molar-refractivity contribution >= 4 is 0 Å². The molecule has 1 aliphatic rings. The van der Waals surface area contributed by atoms with Crippen molar-refractivity contribution in [3.05, 3.63) is 0 Å². The van der Waals surface area contributed by atoms with E-state index >= 15 is 0 Å². The molecule has 1 N–H and O–H groups in total. The van der Waals surface area contributed by atoms with Crippen molar-refractivity contribution in [3.63, 3.8) is 0 Å². The van der Waals surface area contributed by atoms with Gasteiger partial charge in [0.1, 0.15) is 0 Å². The van der Waals surface area contributed by atoms with E-state index in [1.165, 1.54) is 51.5 Å². The Morgan fingerprint density at radius 2 is 1.82 bits per heavy atom. The first-order valence-corrected chi connectivity index (χ1v) is 7.90. The maximum absolute atomic E-state index is 3.61. The number of hydrogen-bond acceptors (Lipinski definition) is 1. The third kappa shape index (κ3) is 5.42. The first-order valence-electron chi connectivity index (χ1n) is 7.90. The quantitative estimate of drug-likeness (QED) is 0.619. The van der Waals surface area contributed by atoms with E-state index in [-0.39, 0.29) is 0 Å². The van der Waals surface area contributed by atoms with Crippen LogP contribution in [-0.2, 0) is 0 Å². The highest BCUT2D eigenvalue weighted by molar-refractivity contribution is 4.84. The highest BCUT2D eigenvalue weighted by atomic mass is 14.9. The summed E-state index contributed by atoms with van der Waals surface area (Å²) in [5.74, 6) is 3.01. The Labute approximate surface area is 109 Å².